The van der Waals surface area contributed by atoms with Crippen molar-refractivity contribution in [3.8, 4) is 5.75 Å². The van der Waals surface area contributed by atoms with E-state index in [0.29, 0.717) is 11.5 Å². The molecule has 5 nitrogen and oxygen atoms in total. The third kappa shape index (κ3) is 4.08. The largest absolute Gasteiger partial charge is 0.507 e. The topological polar surface area (TPSA) is 75.6 Å². The van der Waals surface area contributed by atoms with Gasteiger partial charge < -0.3 is 15.2 Å². The van der Waals surface area contributed by atoms with Crippen LogP contribution in [0.1, 0.15) is 61.0 Å². The van der Waals surface area contributed by atoms with Gasteiger partial charge in [-0.15, -0.1) is 0 Å². The number of aryl methyl sites for hydroxylation is 1. The van der Waals surface area contributed by atoms with Crippen molar-refractivity contribution in [2.24, 2.45) is 5.92 Å². The smallest absolute Gasteiger partial charge is 0.342 e. The summed E-state index contributed by atoms with van der Waals surface area (Å²) in [6.07, 6.45) is 3.48. The van der Waals surface area contributed by atoms with Crippen LogP contribution in [0.4, 0.5) is 0 Å². The first-order valence-corrected chi connectivity index (χ1v) is 8.61. The lowest BCUT2D eigenvalue weighted by molar-refractivity contribution is -0.130. The summed E-state index contributed by atoms with van der Waals surface area (Å²) < 4.78 is 5.24. The molecule has 1 fully saturated rings. The minimum atomic E-state index is -0.896. The summed E-state index contributed by atoms with van der Waals surface area (Å²) in [4.78, 5) is 24.5. The molecule has 0 aliphatic heterocycles. The third-order valence-corrected chi connectivity index (χ3v) is 5.01. The van der Waals surface area contributed by atoms with Crippen LogP contribution in [0.5, 0.6) is 5.75 Å². The van der Waals surface area contributed by atoms with Crippen molar-refractivity contribution in [3.63, 3.8) is 0 Å². The van der Waals surface area contributed by atoms with Gasteiger partial charge in [0.15, 0.2) is 6.10 Å². The van der Waals surface area contributed by atoms with E-state index in [4.69, 9.17) is 4.74 Å². The molecule has 132 valence electrons. The number of amides is 1. The van der Waals surface area contributed by atoms with E-state index in [2.05, 4.69) is 12.2 Å². The number of hydrogen-bond donors (Lipinski definition) is 2. The van der Waals surface area contributed by atoms with Gasteiger partial charge in [0.1, 0.15) is 11.3 Å². The van der Waals surface area contributed by atoms with Crippen LogP contribution >= 0.6 is 0 Å². The van der Waals surface area contributed by atoms with Crippen molar-refractivity contribution < 1.29 is 19.4 Å². The number of phenolic OH excluding ortho intramolecular Hbond substituents is 1. The van der Waals surface area contributed by atoms with Crippen molar-refractivity contribution in [2.75, 3.05) is 0 Å². The van der Waals surface area contributed by atoms with E-state index < -0.39 is 12.1 Å². The number of aromatic hydroxyl groups is 1. The lowest BCUT2D eigenvalue weighted by Gasteiger charge is -2.30. The Labute approximate surface area is 143 Å². The van der Waals surface area contributed by atoms with Crippen LogP contribution < -0.4 is 5.32 Å². The fourth-order valence-corrected chi connectivity index (χ4v) is 3.07. The van der Waals surface area contributed by atoms with Gasteiger partial charge >= 0.3 is 5.97 Å². The van der Waals surface area contributed by atoms with Gasteiger partial charge in [-0.2, -0.15) is 0 Å². The lowest BCUT2D eigenvalue weighted by Crippen LogP contribution is -2.46. The summed E-state index contributed by atoms with van der Waals surface area (Å²) in [5.41, 5.74) is 1.61. The molecule has 5 heteroatoms. The average molecular weight is 333 g/mol. The van der Waals surface area contributed by atoms with Gasteiger partial charge in [0.25, 0.3) is 5.91 Å². The highest BCUT2D eigenvalue weighted by Gasteiger charge is 2.27. The fourth-order valence-electron chi connectivity index (χ4n) is 3.07. The zero-order valence-corrected chi connectivity index (χ0v) is 14.9. The standard InChI is InChI=1S/C19H27NO4/c1-11-9-10-15(17(21)13(11)3)19(23)24-14(4)18(22)20-16-8-6-5-7-12(16)2/h9-10,12,14,16,21H,5-8H2,1-4H3,(H,20,22). The highest BCUT2D eigenvalue weighted by Crippen LogP contribution is 2.26. The zero-order chi connectivity index (χ0) is 17.9. The third-order valence-electron chi connectivity index (χ3n) is 5.01. The molecule has 3 atom stereocenters. The number of nitrogens with one attached hydrogen (secondary N) is 1. The molecule has 1 amide bonds. The Hall–Kier alpha value is -2.04. The number of esters is 1. The number of carbonyl (C=O) groups excluding carboxylic acids is 2. The van der Waals surface area contributed by atoms with Crippen molar-refractivity contribution in [3.05, 3.63) is 28.8 Å². The Bertz CT molecular complexity index is 626. The summed E-state index contributed by atoms with van der Waals surface area (Å²) >= 11 is 0. The van der Waals surface area contributed by atoms with E-state index in [0.717, 1.165) is 24.8 Å². The molecule has 1 aliphatic rings. The molecule has 0 aromatic heterocycles. The van der Waals surface area contributed by atoms with Crippen LogP contribution in [-0.4, -0.2) is 29.1 Å². The molecule has 3 unspecified atom stereocenters. The van der Waals surface area contributed by atoms with Gasteiger partial charge in [0.05, 0.1) is 0 Å². The first kappa shape index (κ1) is 18.3. The molecule has 1 aromatic carbocycles. The Morgan fingerprint density at radius 2 is 1.92 bits per heavy atom. The number of rotatable bonds is 4. The van der Waals surface area contributed by atoms with Gasteiger partial charge in [-0.25, -0.2) is 4.79 Å². The van der Waals surface area contributed by atoms with E-state index in [1.165, 1.54) is 12.5 Å². The van der Waals surface area contributed by atoms with Crippen molar-refractivity contribution in [1.82, 2.24) is 5.32 Å². The highest BCUT2D eigenvalue weighted by atomic mass is 16.5. The molecule has 24 heavy (non-hydrogen) atoms. The van der Waals surface area contributed by atoms with Gasteiger partial charge in [0.2, 0.25) is 0 Å². The van der Waals surface area contributed by atoms with Gasteiger partial charge in [0, 0.05) is 6.04 Å². The van der Waals surface area contributed by atoms with Crippen LogP contribution in [-0.2, 0) is 9.53 Å². The summed E-state index contributed by atoms with van der Waals surface area (Å²) in [7, 11) is 0. The summed E-state index contributed by atoms with van der Waals surface area (Å²) in [6.45, 7) is 7.28. The maximum Gasteiger partial charge on any atom is 0.342 e. The van der Waals surface area contributed by atoms with E-state index in [9.17, 15) is 14.7 Å². The summed E-state index contributed by atoms with van der Waals surface area (Å²) in [6, 6.07) is 3.41. The Morgan fingerprint density at radius 3 is 2.58 bits per heavy atom. The minimum absolute atomic E-state index is 0.0868. The quantitative estimate of drug-likeness (QED) is 0.829. The minimum Gasteiger partial charge on any atom is -0.507 e. The van der Waals surface area contributed by atoms with E-state index in [1.807, 2.05) is 6.92 Å². The molecule has 0 radical (unpaired) electrons. The number of carbonyl (C=O) groups is 2. The maximum absolute atomic E-state index is 12.3. The molecule has 1 saturated carbocycles. The molecule has 1 aromatic rings. The molecule has 0 spiro atoms. The maximum atomic E-state index is 12.3. The number of ether oxygens (including phenoxy) is 1. The molecule has 1 aliphatic carbocycles. The van der Waals surface area contributed by atoms with Gasteiger partial charge in [-0.1, -0.05) is 25.8 Å². The van der Waals surface area contributed by atoms with E-state index in [1.54, 1.807) is 19.9 Å². The molecular formula is C19H27NO4. The summed E-state index contributed by atoms with van der Waals surface area (Å²) in [5, 5.41) is 13.1. The van der Waals surface area contributed by atoms with E-state index >= 15 is 0 Å². The summed E-state index contributed by atoms with van der Waals surface area (Å²) in [5.74, 6) is -0.622. The van der Waals surface area contributed by atoms with Crippen LogP contribution in [0, 0.1) is 19.8 Å². The monoisotopic (exact) mass is 333 g/mol. The van der Waals surface area contributed by atoms with Crippen molar-refractivity contribution >= 4 is 11.9 Å². The van der Waals surface area contributed by atoms with Gasteiger partial charge in [-0.3, -0.25) is 4.79 Å². The zero-order valence-electron chi connectivity index (χ0n) is 14.9. The lowest BCUT2D eigenvalue weighted by atomic mass is 9.86. The van der Waals surface area contributed by atoms with Crippen LogP contribution in [0.15, 0.2) is 12.1 Å². The Balaban J connectivity index is 1.98. The van der Waals surface area contributed by atoms with Crippen LogP contribution in [0.2, 0.25) is 0 Å². The van der Waals surface area contributed by atoms with Crippen molar-refractivity contribution in [2.45, 2.75) is 65.5 Å². The number of phenols is 1. The van der Waals surface area contributed by atoms with Crippen molar-refractivity contribution in [1.29, 1.82) is 0 Å². The first-order chi connectivity index (χ1) is 11.3. The second-order valence-corrected chi connectivity index (χ2v) is 6.83. The fraction of sp³-hybridized carbons (Fsp3) is 0.579. The predicted octanol–water partition coefficient (Wildman–Crippen LogP) is 3.25. The molecule has 0 heterocycles. The molecule has 0 saturated heterocycles. The molecular weight excluding hydrogens is 306 g/mol. The number of benzene rings is 1. The average Bonchev–Trinajstić information content (AvgIpc) is 2.54. The predicted molar refractivity (Wildman–Crippen MR) is 92.0 cm³/mol. The number of hydrogen-bond acceptors (Lipinski definition) is 4. The Kier molecular flexibility index (Phi) is 5.86. The van der Waals surface area contributed by atoms with Gasteiger partial charge in [-0.05, 0) is 56.7 Å². The SMILES string of the molecule is Cc1ccc(C(=O)OC(C)C(=O)NC2CCCCC2C)c(O)c1C. The molecule has 0 bridgehead atoms. The second kappa shape index (κ2) is 7.69. The normalized spacial score (nSPS) is 21.8. The van der Waals surface area contributed by atoms with Crippen LogP contribution in [0.25, 0.3) is 0 Å². The second-order valence-electron chi connectivity index (χ2n) is 6.83. The van der Waals surface area contributed by atoms with Crippen LogP contribution in [0.3, 0.4) is 0 Å². The molecule has 2 rings (SSSR count). The van der Waals surface area contributed by atoms with E-state index in [-0.39, 0.29) is 23.3 Å². The highest BCUT2D eigenvalue weighted by molar-refractivity contribution is 5.95. The first-order valence-electron chi connectivity index (χ1n) is 8.61. The Morgan fingerprint density at radius 1 is 1.25 bits per heavy atom. The molecule has 2 N–H and O–H groups in total.